The predicted molar refractivity (Wildman–Crippen MR) is 45.6 cm³/mol. The van der Waals surface area contributed by atoms with Gasteiger partial charge in [0.2, 0.25) is 0 Å². The van der Waals surface area contributed by atoms with Crippen molar-refractivity contribution in [3.8, 4) is 0 Å². The fourth-order valence-electron chi connectivity index (χ4n) is 0.750. The van der Waals surface area contributed by atoms with Gasteiger partial charge >= 0.3 is 29.6 Å². The molecule has 0 saturated heterocycles. The third-order valence-electron chi connectivity index (χ3n) is 1.000. The molecule has 0 aromatic heterocycles. The fourth-order valence-corrected chi connectivity index (χ4v) is 2.25. The van der Waals surface area contributed by atoms with Gasteiger partial charge in [0.25, 0.3) is 0 Å². The zero-order valence-electron chi connectivity index (χ0n) is 5.91. The summed E-state index contributed by atoms with van der Waals surface area (Å²) in [7, 11) is -0.657. The first-order valence-electron chi connectivity index (χ1n) is 3.06. The Labute approximate surface area is 76.4 Å². The van der Waals surface area contributed by atoms with Gasteiger partial charge in [0.05, 0.1) is 0 Å². The molecule has 0 aliphatic carbocycles. The van der Waals surface area contributed by atoms with Crippen molar-refractivity contribution >= 4 is 37.6 Å². The third-order valence-corrected chi connectivity index (χ3v) is 3.00. The molecular weight excluding hydrogens is 123 g/mol. The zero-order valence-corrected chi connectivity index (χ0v) is 6.91. The fraction of sp³-hybridized carbons (Fsp3) is 1.00. The molecule has 0 rings (SSSR count). The van der Waals surface area contributed by atoms with Crippen LogP contribution in [-0.2, 0) is 0 Å². The van der Waals surface area contributed by atoms with Crippen LogP contribution in [0.4, 0.5) is 0 Å². The van der Waals surface area contributed by atoms with E-state index in [4.69, 9.17) is 0 Å². The van der Waals surface area contributed by atoms with E-state index in [2.05, 4.69) is 26.6 Å². The van der Waals surface area contributed by atoms with Crippen LogP contribution >= 0.6 is 0 Å². The number of hydrogen-bond donors (Lipinski definition) is 0. The molecule has 8 heavy (non-hydrogen) atoms. The second-order valence-electron chi connectivity index (χ2n) is 3.31. The molecular formula is C6H17NaSi. The van der Waals surface area contributed by atoms with Crippen LogP contribution in [0.1, 0.15) is 13.3 Å². The Morgan fingerprint density at radius 3 is 1.50 bits per heavy atom. The normalized spacial score (nSPS) is 10.5. The molecule has 0 N–H and O–H groups in total. The van der Waals surface area contributed by atoms with E-state index in [1.54, 1.807) is 0 Å². The maximum atomic E-state index is 2.41. The molecule has 0 fully saturated rings. The molecule has 0 saturated carbocycles. The third kappa shape index (κ3) is 10.2. The Bertz CT molecular complexity index is 47.0. The van der Waals surface area contributed by atoms with E-state index >= 15 is 0 Å². The van der Waals surface area contributed by atoms with Gasteiger partial charge in [-0.2, -0.15) is 0 Å². The molecule has 0 aromatic rings. The van der Waals surface area contributed by atoms with Crippen LogP contribution in [0.25, 0.3) is 0 Å². The molecule has 0 heterocycles. The summed E-state index contributed by atoms with van der Waals surface area (Å²) < 4.78 is 0. The molecule has 0 atom stereocenters. The Hall–Kier alpha value is 1.22. The SMILES string of the molecule is CCC[Si](C)(C)C.[NaH]. The van der Waals surface area contributed by atoms with Crippen molar-refractivity contribution in [2.24, 2.45) is 0 Å². The van der Waals surface area contributed by atoms with Crippen molar-refractivity contribution in [1.29, 1.82) is 0 Å². The van der Waals surface area contributed by atoms with E-state index in [0.717, 1.165) is 0 Å². The van der Waals surface area contributed by atoms with Gasteiger partial charge in [-0.25, -0.2) is 0 Å². The summed E-state index contributed by atoms with van der Waals surface area (Å²) in [6.07, 6.45) is 1.37. The van der Waals surface area contributed by atoms with Crippen LogP contribution in [0.5, 0.6) is 0 Å². The first kappa shape index (κ1) is 11.9. The summed E-state index contributed by atoms with van der Waals surface area (Å²) in [6.45, 7) is 9.50. The molecule has 0 aromatic carbocycles. The van der Waals surface area contributed by atoms with Gasteiger partial charge in [-0.1, -0.05) is 39.0 Å². The van der Waals surface area contributed by atoms with Crippen molar-refractivity contribution < 1.29 is 0 Å². The molecule has 0 radical (unpaired) electrons. The second kappa shape index (κ2) is 5.04. The van der Waals surface area contributed by atoms with Gasteiger partial charge in [0.1, 0.15) is 0 Å². The van der Waals surface area contributed by atoms with E-state index in [1.165, 1.54) is 12.5 Å². The second-order valence-corrected chi connectivity index (χ2v) is 8.93. The van der Waals surface area contributed by atoms with E-state index < -0.39 is 8.07 Å². The van der Waals surface area contributed by atoms with Crippen molar-refractivity contribution in [2.45, 2.75) is 39.0 Å². The average molecular weight is 140 g/mol. The van der Waals surface area contributed by atoms with Gasteiger partial charge in [-0.05, 0) is 0 Å². The van der Waals surface area contributed by atoms with Crippen molar-refractivity contribution in [3.63, 3.8) is 0 Å². The minimum absolute atomic E-state index is 0. The molecule has 0 spiro atoms. The molecule has 46 valence electrons. The maximum absolute atomic E-state index is 2.41. The van der Waals surface area contributed by atoms with Crippen LogP contribution < -0.4 is 0 Å². The van der Waals surface area contributed by atoms with E-state index in [-0.39, 0.29) is 29.6 Å². The number of hydrogen-bond acceptors (Lipinski definition) is 0. The molecule has 2 heteroatoms. The Balaban J connectivity index is 0. The quantitative estimate of drug-likeness (QED) is 0.515. The molecule has 0 aliphatic rings. The van der Waals surface area contributed by atoms with Crippen LogP contribution in [0.15, 0.2) is 0 Å². The standard InChI is InChI=1S/C6H16Si.Na.H/c1-5-6-7(2,3)4;;/h5-6H2,1-4H3;;. The molecule has 0 unspecified atom stereocenters. The molecule has 0 nitrogen and oxygen atoms in total. The van der Waals surface area contributed by atoms with Gasteiger partial charge in [-0.3, -0.25) is 0 Å². The van der Waals surface area contributed by atoms with E-state index in [0.29, 0.717) is 0 Å². The molecule has 0 bridgehead atoms. The zero-order chi connectivity index (χ0) is 5.91. The van der Waals surface area contributed by atoms with Crippen molar-refractivity contribution in [1.82, 2.24) is 0 Å². The summed E-state index contributed by atoms with van der Waals surface area (Å²) in [4.78, 5) is 0. The molecule has 0 amide bonds. The van der Waals surface area contributed by atoms with E-state index in [1.807, 2.05) is 0 Å². The van der Waals surface area contributed by atoms with Crippen LogP contribution in [0.3, 0.4) is 0 Å². The van der Waals surface area contributed by atoms with Gasteiger partial charge in [0.15, 0.2) is 0 Å². The Kier molecular flexibility index (Phi) is 7.52. The summed E-state index contributed by atoms with van der Waals surface area (Å²) >= 11 is 0. The van der Waals surface area contributed by atoms with Gasteiger partial charge in [-0.15, -0.1) is 0 Å². The van der Waals surface area contributed by atoms with Crippen LogP contribution in [0.2, 0.25) is 25.7 Å². The van der Waals surface area contributed by atoms with Crippen molar-refractivity contribution in [3.05, 3.63) is 0 Å². The Morgan fingerprint density at radius 2 is 1.50 bits per heavy atom. The van der Waals surface area contributed by atoms with Crippen LogP contribution in [0, 0.1) is 0 Å². The van der Waals surface area contributed by atoms with Crippen molar-refractivity contribution in [2.75, 3.05) is 0 Å². The topological polar surface area (TPSA) is 0 Å². The summed E-state index contributed by atoms with van der Waals surface area (Å²) in [6, 6.07) is 1.48. The Morgan fingerprint density at radius 1 is 1.12 bits per heavy atom. The number of rotatable bonds is 2. The summed E-state index contributed by atoms with van der Waals surface area (Å²) in [5, 5.41) is 0. The molecule has 0 aliphatic heterocycles. The first-order valence-corrected chi connectivity index (χ1v) is 6.77. The first-order chi connectivity index (χ1) is 3.06. The van der Waals surface area contributed by atoms with Gasteiger partial charge < -0.3 is 0 Å². The predicted octanol–water partition coefficient (Wildman–Crippen LogP) is 2.09. The van der Waals surface area contributed by atoms with E-state index in [9.17, 15) is 0 Å². The summed E-state index contributed by atoms with van der Waals surface area (Å²) in [5.74, 6) is 0. The summed E-state index contributed by atoms with van der Waals surface area (Å²) in [5.41, 5.74) is 0. The average Bonchev–Trinajstić information content (AvgIpc) is 1.30. The van der Waals surface area contributed by atoms with Gasteiger partial charge in [0, 0.05) is 8.07 Å². The minimum atomic E-state index is -0.657. The monoisotopic (exact) mass is 140 g/mol. The van der Waals surface area contributed by atoms with Crippen LogP contribution in [-0.4, -0.2) is 37.6 Å².